The molecule has 0 saturated carbocycles. The number of carbonyl (C=O) groups excluding carboxylic acids is 2. The van der Waals surface area contributed by atoms with Crippen LogP contribution in [0.25, 0.3) is 0 Å². The molecule has 3 aromatic carbocycles. The molecule has 3 aromatic rings. The smallest absolute Gasteiger partial charge is 0.274 e. The van der Waals surface area contributed by atoms with Crippen molar-refractivity contribution in [3.05, 3.63) is 95.1 Å². The van der Waals surface area contributed by atoms with Crippen LogP contribution < -0.4 is 9.80 Å². The van der Waals surface area contributed by atoms with E-state index in [0.717, 1.165) is 16.7 Å². The van der Waals surface area contributed by atoms with Crippen molar-refractivity contribution >= 4 is 33.0 Å². The predicted octanol–water partition coefficient (Wildman–Crippen LogP) is 3.46. The monoisotopic (exact) mass is 446 g/mol. The highest BCUT2D eigenvalue weighted by Gasteiger charge is 2.69. The van der Waals surface area contributed by atoms with Crippen molar-refractivity contribution in [3.63, 3.8) is 0 Å². The van der Waals surface area contributed by atoms with Crippen molar-refractivity contribution in [3.8, 4) is 0 Å². The molecule has 0 aromatic heterocycles. The van der Waals surface area contributed by atoms with Gasteiger partial charge in [-0.05, 0) is 43.2 Å². The van der Waals surface area contributed by atoms with E-state index < -0.39 is 32.3 Å². The number of rotatable bonds is 3. The number of anilines is 2. The van der Waals surface area contributed by atoms with Crippen LogP contribution in [0.5, 0.6) is 0 Å². The van der Waals surface area contributed by atoms with Crippen LogP contribution in [-0.2, 0) is 30.8 Å². The Morgan fingerprint density at radius 2 is 1.59 bits per heavy atom. The molecule has 2 heterocycles. The van der Waals surface area contributed by atoms with Gasteiger partial charge in [-0.2, -0.15) is 0 Å². The number of hydrogen-bond acceptors (Lipinski definition) is 4. The fourth-order valence-corrected chi connectivity index (χ4v) is 6.80. The maximum atomic E-state index is 14.1. The van der Waals surface area contributed by atoms with Gasteiger partial charge in [0.2, 0.25) is 5.91 Å². The SMILES string of the molecule is Cc1ccc(C)c(CN2C(=O)[C@@]3(c4ccccc42)N(c2ccccc2)C(=O)CS3(=O)=O)c1. The normalized spacial score (nSPS) is 21.4. The van der Waals surface area contributed by atoms with Gasteiger partial charge in [-0.25, -0.2) is 8.42 Å². The molecule has 6 nitrogen and oxygen atoms in total. The van der Waals surface area contributed by atoms with Crippen LogP contribution in [-0.4, -0.2) is 26.0 Å². The molecule has 1 saturated heterocycles. The number of hydrogen-bond donors (Lipinski definition) is 0. The average molecular weight is 447 g/mol. The Hall–Kier alpha value is -3.45. The standard InChI is InChI=1S/C25H22N2O4S/c1-17-12-13-18(2)19(14-17)15-26-22-11-7-6-10-21(22)25(24(26)29)27(20-8-4-3-5-9-20)23(28)16-32(25,30)31/h3-14H,15-16H2,1-2H3/t25-/m0/s1. The highest BCUT2D eigenvalue weighted by Crippen LogP contribution is 2.52. The molecule has 5 rings (SSSR count). The van der Waals surface area contributed by atoms with Crippen molar-refractivity contribution in [2.45, 2.75) is 25.3 Å². The Morgan fingerprint density at radius 1 is 0.906 bits per heavy atom. The molecule has 7 heteroatoms. The Kier molecular flexibility index (Phi) is 4.49. The first-order valence-electron chi connectivity index (χ1n) is 10.4. The number of para-hydroxylation sites is 2. The lowest BCUT2D eigenvalue weighted by Gasteiger charge is -2.32. The summed E-state index contributed by atoms with van der Waals surface area (Å²) < 4.78 is 27.1. The first kappa shape index (κ1) is 20.5. The van der Waals surface area contributed by atoms with E-state index in [9.17, 15) is 18.0 Å². The van der Waals surface area contributed by atoms with E-state index in [1.807, 2.05) is 32.0 Å². The summed E-state index contributed by atoms with van der Waals surface area (Å²) in [6.45, 7) is 4.15. The number of nitrogens with zero attached hydrogens (tertiary/aromatic N) is 2. The lowest BCUT2D eigenvalue weighted by Crippen LogP contribution is -2.54. The zero-order valence-corrected chi connectivity index (χ0v) is 18.6. The molecule has 0 unspecified atom stereocenters. The Bertz CT molecular complexity index is 1370. The second-order valence-electron chi connectivity index (χ2n) is 8.31. The lowest BCUT2D eigenvalue weighted by molar-refractivity contribution is -0.123. The molecule has 162 valence electrons. The first-order chi connectivity index (χ1) is 15.3. The first-order valence-corrected chi connectivity index (χ1v) is 12.0. The molecule has 0 bridgehead atoms. The highest BCUT2D eigenvalue weighted by molar-refractivity contribution is 7.94. The Morgan fingerprint density at radius 3 is 2.34 bits per heavy atom. The molecule has 2 amide bonds. The lowest BCUT2D eigenvalue weighted by atomic mass is 10.0. The number of sulfone groups is 1. The van der Waals surface area contributed by atoms with Crippen molar-refractivity contribution in [1.82, 2.24) is 0 Å². The molecule has 1 spiro atoms. The minimum Gasteiger partial charge on any atom is -0.304 e. The van der Waals surface area contributed by atoms with E-state index in [1.54, 1.807) is 54.6 Å². The van der Waals surface area contributed by atoms with Gasteiger partial charge in [0.1, 0.15) is 5.75 Å². The molecular formula is C25H22N2O4S. The summed E-state index contributed by atoms with van der Waals surface area (Å²) in [6.07, 6.45) is 0. The zero-order valence-electron chi connectivity index (χ0n) is 17.8. The van der Waals surface area contributed by atoms with E-state index >= 15 is 0 Å². The molecule has 0 aliphatic carbocycles. The number of carbonyl (C=O) groups is 2. The van der Waals surface area contributed by atoms with Crippen LogP contribution >= 0.6 is 0 Å². The van der Waals surface area contributed by atoms with Gasteiger partial charge < -0.3 is 4.90 Å². The van der Waals surface area contributed by atoms with E-state index in [-0.39, 0.29) is 6.54 Å². The summed E-state index contributed by atoms with van der Waals surface area (Å²) in [5, 5.41) is 0. The molecule has 2 aliphatic heterocycles. The van der Waals surface area contributed by atoms with E-state index in [0.29, 0.717) is 16.9 Å². The van der Waals surface area contributed by atoms with Crippen molar-refractivity contribution in [1.29, 1.82) is 0 Å². The molecule has 1 fully saturated rings. The largest absolute Gasteiger partial charge is 0.304 e. The molecule has 1 atom stereocenters. The summed E-state index contributed by atoms with van der Waals surface area (Å²) in [5.41, 5.74) is 4.21. The number of fused-ring (bicyclic) bond motifs is 2. The summed E-state index contributed by atoms with van der Waals surface area (Å²) in [4.78, 5) is 27.7. The maximum Gasteiger partial charge on any atom is 0.274 e. The van der Waals surface area contributed by atoms with Gasteiger partial charge in [-0.1, -0.05) is 60.2 Å². The van der Waals surface area contributed by atoms with Crippen LogP contribution in [0.1, 0.15) is 22.3 Å². The fraction of sp³-hybridized carbons (Fsp3) is 0.200. The van der Waals surface area contributed by atoms with Gasteiger partial charge in [0, 0.05) is 11.3 Å². The fourth-order valence-electron chi connectivity index (χ4n) is 4.77. The van der Waals surface area contributed by atoms with Crippen LogP contribution in [0, 0.1) is 13.8 Å². The third kappa shape index (κ3) is 2.67. The minimum atomic E-state index is -4.15. The molecule has 32 heavy (non-hydrogen) atoms. The third-order valence-corrected chi connectivity index (χ3v) is 8.37. The average Bonchev–Trinajstić information content (AvgIpc) is 3.14. The molecule has 0 radical (unpaired) electrons. The second kappa shape index (κ2) is 7.03. The van der Waals surface area contributed by atoms with E-state index in [4.69, 9.17) is 0 Å². The van der Waals surface area contributed by atoms with Gasteiger partial charge in [0.15, 0.2) is 9.84 Å². The highest BCUT2D eigenvalue weighted by atomic mass is 32.2. The Balaban J connectivity index is 1.74. The molecule has 0 N–H and O–H groups in total. The summed E-state index contributed by atoms with van der Waals surface area (Å²) in [5.74, 6) is -1.93. The summed E-state index contributed by atoms with van der Waals surface area (Å²) >= 11 is 0. The topological polar surface area (TPSA) is 74.8 Å². The van der Waals surface area contributed by atoms with Crippen LogP contribution in [0.2, 0.25) is 0 Å². The van der Waals surface area contributed by atoms with Gasteiger partial charge in [0.05, 0.1) is 12.2 Å². The number of aryl methyl sites for hydroxylation is 2. The van der Waals surface area contributed by atoms with Gasteiger partial charge in [-0.3, -0.25) is 14.5 Å². The van der Waals surface area contributed by atoms with Crippen molar-refractivity contribution in [2.24, 2.45) is 0 Å². The van der Waals surface area contributed by atoms with Crippen molar-refractivity contribution in [2.75, 3.05) is 15.6 Å². The third-order valence-electron chi connectivity index (χ3n) is 6.27. The van der Waals surface area contributed by atoms with Crippen LogP contribution in [0.4, 0.5) is 11.4 Å². The zero-order chi connectivity index (χ0) is 22.7. The minimum absolute atomic E-state index is 0.220. The maximum absolute atomic E-state index is 14.1. The van der Waals surface area contributed by atoms with E-state index in [1.165, 1.54) is 9.80 Å². The van der Waals surface area contributed by atoms with Gasteiger partial charge in [-0.15, -0.1) is 0 Å². The van der Waals surface area contributed by atoms with Crippen LogP contribution in [0.3, 0.4) is 0 Å². The Labute approximate surface area is 187 Å². The number of benzene rings is 3. The van der Waals surface area contributed by atoms with Gasteiger partial charge >= 0.3 is 0 Å². The summed E-state index contributed by atoms with van der Waals surface area (Å²) in [6, 6.07) is 21.4. The second-order valence-corrected chi connectivity index (χ2v) is 10.4. The van der Waals surface area contributed by atoms with Crippen molar-refractivity contribution < 1.29 is 18.0 Å². The summed E-state index contributed by atoms with van der Waals surface area (Å²) in [7, 11) is -4.15. The van der Waals surface area contributed by atoms with E-state index in [2.05, 4.69) is 0 Å². The number of amides is 2. The molecular weight excluding hydrogens is 424 g/mol. The van der Waals surface area contributed by atoms with Gasteiger partial charge in [0.25, 0.3) is 10.8 Å². The molecule has 2 aliphatic rings. The quantitative estimate of drug-likeness (QED) is 0.618. The predicted molar refractivity (Wildman–Crippen MR) is 123 cm³/mol. The van der Waals surface area contributed by atoms with Crippen LogP contribution in [0.15, 0.2) is 72.8 Å².